The number of amides is 2. The van der Waals surface area contributed by atoms with Gasteiger partial charge in [-0.15, -0.1) is 6.58 Å². The second-order valence-corrected chi connectivity index (χ2v) is 4.39. The molecule has 1 aromatic rings. The van der Waals surface area contributed by atoms with E-state index in [1.807, 2.05) is 0 Å². The zero-order valence-corrected chi connectivity index (χ0v) is 11.3. The first-order valence-electron chi connectivity index (χ1n) is 5.75. The van der Waals surface area contributed by atoms with E-state index in [0.29, 0.717) is 5.56 Å². The Hall–Kier alpha value is -2.54. The molecule has 20 heavy (non-hydrogen) atoms. The molecule has 1 saturated heterocycles. The van der Waals surface area contributed by atoms with Gasteiger partial charge in [0.05, 0.1) is 0 Å². The molecule has 0 aromatic carbocycles. The lowest BCUT2D eigenvalue weighted by Crippen LogP contribution is -2.53. The SMILES string of the molecule is C=CCN1C(=O)C(=Cc2cccnc2N)C(=O)NC1=S. The Morgan fingerprint density at radius 3 is 2.90 bits per heavy atom. The van der Waals surface area contributed by atoms with Gasteiger partial charge in [-0.3, -0.25) is 19.8 Å². The van der Waals surface area contributed by atoms with Gasteiger partial charge in [-0.25, -0.2) is 4.98 Å². The maximum atomic E-state index is 12.3. The maximum absolute atomic E-state index is 12.3. The van der Waals surface area contributed by atoms with E-state index >= 15 is 0 Å². The Balaban J connectivity index is 2.42. The number of nitrogens with zero attached hydrogens (tertiary/aromatic N) is 2. The van der Waals surface area contributed by atoms with Crippen molar-refractivity contribution in [3.8, 4) is 0 Å². The molecule has 6 nitrogen and oxygen atoms in total. The molecule has 102 valence electrons. The average molecular weight is 288 g/mol. The molecular formula is C13H12N4O2S. The van der Waals surface area contributed by atoms with Gasteiger partial charge in [-0.05, 0) is 30.4 Å². The van der Waals surface area contributed by atoms with E-state index in [4.69, 9.17) is 18.0 Å². The van der Waals surface area contributed by atoms with Crippen LogP contribution in [0.4, 0.5) is 5.82 Å². The molecule has 0 bridgehead atoms. The molecule has 0 radical (unpaired) electrons. The number of aromatic nitrogens is 1. The molecule has 0 saturated carbocycles. The van der Waals surface area contributed by atoms with Crippen LogP contribution in [0.2, 0.25) is 0 Å². The monoisotopic (exact) mass is 288 g/mol. The fourth-order valence-electron chi connectivity index (χ4n) is 1.70. The average Bonchev–Trinajstić information content (AvgIpc) is 2.41. The van der Waals surface area contributed by atoms with Crippen molar-refractivity contribution in [2.24, 2.45) is 0 Å². The number of nitrogens with two attached hydrogens (primary N) is 1. The highest BCUT2D eigenvalue weighted by atomic mass is 32.1. The Morgan fingerprint density at radius 1 is 1.50 bits per heavy atom. The van der Waals surface area contributed by atoms with E-state index in [1.165, 1.54) is 23.2 Å². The number of thiocarbonyl (C=S) groups is 1. The van der Waals surface area contributed by atoms with E-state index < -0.39 is 11.8 Å². The van der Waals surface area contributed by atoms with E-state index in [1.54, 1.807) is 12.1 Å². The lowest BCUT2D eigenvalue weighted by molar-refractivity contribution is -0.128. The second-order valence-electron chi connectivity index (χ2n) is 4.00. The summed E-state index contributed by atoms with van der Waals surface area (Å²) in [6, 6.07) is 3.33. The molecule has 2 rings (SSSR count). The molecular weight excluding hydrogens is 276 g/mol. The molecule has 2 amide bonds. The van der Waals surface area contributed by atoms with Crippen LogP contribution >= 0.6 is 12.2 Å². The number of hydrogen-bond donors (Lipinski definition) is 2. The van der Waals surface area contributed by atoms with Crippen LogP contribution in [-0.4, -0.2) is 33.4 Å². The third-order valence-corrected chi connectivity index (χ3v) is 2.99. The van der Waals surface area contributed by atoms with Gasteiger partial charge >= 0.3 is 0 Å². The smallest absolute Gasteiger partial charge is 0.265 e. The van der Waals surface area contributed by atoms with Crippen molar-refractivity contribution in [1.82, 2.24) is 15.2 Å². The summed E-state index contributed by atoms with van der Waals surface area (Å²) in [5.41, 5.74) is 6.15. The lowest BCUT2D eigenvalue weighted by atomic mass is 10.1. The number of carbonyl (C=O) groups excluding carboxylic acids is 2. The number of anilines is 1. The van der Waals surface area contributed by atoms with Gasteiger partial charge in [0, 0.05) is 18.3 Å². The van der Waals surface area contributed by atoms with E-state index in [-0.39, 0.29) is 23.0 Å². The summed E-state index contributed by atoms with van der Waals surface area (Å²) < 4.78 is 0. The molecule has 0 aliphatic carbocycles. The number of rotatable bonds is 3. The summed E-state index contributed by atoms with van der Waals surface area (Å²) >= 11 is 4.95. The number of pyridine rings is 1. The van der Waals surface area contributed by atoms with Crippen molar-refractivity contribution < 1.29 is 9.59 Å². The molecule has 3 N–H and O–H groups in total. The zero-order chi connectivity index (χ0) is 14.7. The summed E-state index contributed by atoms with van der Waals surface area (Å²) in [6.45, 7) is 3.77. The predicted octanol–water partition coefficient (Wildman–Crippen LogP) is 0.477. The minimum atomic E-state index is -0.552. The van der Waals surface area contributed by atoms with Gasteiger partial charge in [0.25, 0.3) is 11.8 Å². The molecule has 1 fully saturated rings. The molecule has 1 aliphatic rings. The van der Waals surface area contributed by atoms with Crippen LogP contribution in [-0.2, 0) is 9.59 Å². The van der Waals surface area contributed by atoms with E-state index in [9.17, 15) is 9.59 Å². The van der Waals surface area contributed by atoms with Crippen LogP contribution in [0, 0.1) is 0 Å². The highest BCUT2D eigenvalue weighted by molar-refractivity contribution is 7.80. The summed E-state index contributed by atoms with van der Waals surface area (Å²) in [7, 11) is 0. The molecule has 0 unspecified atom stereocenters. The predicted molar refractivity (Wildman–Crippen MR) is 79.3 cm³/mol. The highest BCUT2D eigenvalue weighted by Gasteiger charge is 2.32. The first kappa shape index (κ1) is 13.9. The summed E-state index contributed by atoms with van der Waals surface area (Å²) in [4.78, 5) is 29.3. The van der Waals surface area contributed by atoms with Crippen molar-refractivity contribution in [3.05, 3.63) is 42.1 Å². The first-order valence-corrected chi connectivity index (χ1v) is 6.15. The Labute approximate surface area is 121 Å². The summed E-state index contributed by atoms with van der Waals surface area (Å²) in [5.74, 6) is -0.797. The van der Waals surface area contributed by atoms with Crippen LogP contribution in [0.25, 0.3) is 6.08 Å². The van der Waals surface area contributed by atoms with Crippen molar-refractivity contribution in [3.63, 3.8) is 0 Å². The zero-order valence-electron chi connectivity index (χ0n) is 10.5. The van der Waals surface area contributed by atoms with Crippen molar-refractivity contribution in [2.75, 3.05) is 12.3 Å². The van der Waals surface area contributed by atoms with Crippen molar-refractivity contribution >= 4 is 41.0 Å². The first-order chi connectivity index (χ1) is 9.54. The minimum absolute atomic E-state index is 0.0415. The third kappa shape index (κ3) is 2.57. The summed E-state index contributed by atoms with van der Waals surface area (Å²) in [5, 5.41) is 2.52. The van der Waals surface area contributed by atoms with Crippen LogP contribution in [0.1, 0.15) is 5.56 Å². The molecule has 1 aliphatic heterocycles. The van der Waals surface area contributed by atoms with Gasteiger partial charge < -0.3 is 5.73 Å². The molecule has 2 heterocycles. The normalized spacial score (nSPS) is 17.3. The van der Waals surface area contributed by atoms with E-state index in [2.05, 4.69) is 16.9 Å². The van der Waals surface area contributed by atoms with Gasteiger partial charge in [0.1, 0.15) is 11.4 Å². The molecule has 1 aromatic heterocycles. The van der Waals surface area contributed by atoms with Gasteiger partial charge in [0.2, 0.25) is 0 Å². The number of carbonyl (C=O) groups is 2. The standard InChI is InChI=1S/C13H12N4O2S/c1-2-6-17-12(19)9(11(18)16-13(17)20)7-8-4-3-5-15-10(8)14/h2-5,7H,1,6H2,(H2,14,15)(H,16,18,20). The minimum Gasteiger partial charge on any atom is -0.383 e. The maximum Gasteiger partial charge on any atom is 0.265 e. The van der Waals surface area contributed by atoms with Gasteiger partial charge in [0.15, 0.2) is 5.11 Å². The Kier molecular flexibility index (Phi) is 3.90. The number of nitrogens with one attached hydrogen (secondary N) is 1. The Morgan fingerprint density at radius 2 is 2.25 bits per heavy atom. The van der Waals surface area contributed by atoms with E-state index in [0.717, 1.165) is 0 Å². The Bertz CT molecular complexity index is 639. The van der Waals surface area contributed by atoms with Gasteiger partial charge in [-0.1, -0.05) is 6.08 Å². The summed E-state index contributed by atoms with van der Waals surface area (Å²) in [6.07, 6.45) is 4.45. The van der Waals surface area contributed by atoms with Crippen LogP contribution in [0.3, 0.4) is 0 Å². The molecule has 0 spiro atoms. The topological polar surface area (TPSA) is 88.3 Å². The van der Waals surface area contributed by atoms with Gasteiger partial charge in [-0.2, -0.15) is 0 Å². The quantitative estimate of drug-likeness (QED) is 0.365. The van der Waals surface area contributed by atoms with Crippen LogP contribution in [0.5, 0.6) is 0 Å². The van der Waals surface area contributed by atoms with Crippen molar-refractivity contribution in [2.45, 2.75) is 0 Å². The molecule has 0 atom stereocenters. The fraction of sp³-hybridized carbons (Fsp3) is 0.0769. The van der Waals surface area contributed by atoms with Crippen LogP contribution < -0.4 is 11.1 Å². The van der Waals surface area contributed by atoms with Crippen LogP contribution in [0.15, 0.2) is 36.6 Å². The highest BCUT2D eigenvalue weighted by Crippen LogP contribution is 2.17. The third-order valence-electron chi connectivity index (χ3n) is 2.67. The van der Waals surface area contributed by atoms with Crippen molar-refractivity contribution in [1.29, 1.82) is 0 Å². The lowest BCUT2D eigenvalue weighted by Gasteiger charge is -2.27. The number of nitrogen functional groups attached to an aromatic ring is 1. The number of hydrogen-bond acceptors (Lipinski definition) is 5. The fourth-order valence-corrected chi connectivity index (χ4v) is 1.95. The molecule has 7 heteroatoms. The largest absolute Gasteiger partial charge is 0.383 e. The second kappa shape index (κ2) is 5.62.